The van der Waals surface area contributed by atoms with Crippen molar-refractivity contribution in [3.05, 3.63) is 120 Å². The molecule has 3 rings (SSSR count). The van der Waals surface area contributed by atoms with Crippen molar-refractivity contribution < 1.29 is 0 Å². The van der Waals surface area contributed by atoms with E-state index in [2.05, 4.69) is 86.8 Å². The van der Waals surface area contributed by atoms with Gasteiger partial charge in [-0.05, 0) is 47.5 Å². The highest BCUT2D eigenvalue weighted by Crippen LogP contribution is 2.17. The highest BCUT2D eigenvalue weighted by atomic mass is 31.0. The molecule has 0 spiro atoms. The molecule has 0 fully saturated rings. The number of nitrogens with two attached hydrogens (primary N) is 3. The van der Waals surface area contributed by atoms with E-state index in [9.17, 15) is 0 Å². The summed E-state index contributed by atoms with van der Waals surface area (Å²) >= 11 is 0. The fraction of sp³-hybridized carbons (Fsp3) is 0.474. The SMILES string of the molecule is C=CCCC(N)c1ccccc1.CC.CC.CC(C)C(N)c1ccccc1.CC(C)P.CCCC(N)c1ccccc1. The molecule has 0 heterocycles. The largest absolute Gasteiger partial charge is 0.324 e. The molecule has 0 saturated carbocycles. The van der Waals surface area contributed by atoms with E-state index in [1.54, 1.807) is 0 Å². The molecule has 6 N–H and O–H groups in total. The monoisotopic (exact) mass is 595 g/mol. The van der Waals surface area contributed by atoms with Crippen LogP contribution in [0.5, 0.6) is 0 Å². The van der Waals surface area contributed by atoms with E-state index in [0.29, 0.717) is 5.92 Å². The summed E-state index contributed by atoms with van der Waals surface area (Å²) in [6.07, 6.45) is 6.09. The van der Waals surface area contributed by atoms with Crippen LogP contribution in [0.2, 0.25) is 0 Å². The Bertz CT molecular complexity index is 912. The van der Waals surface area contributed by atoms with Crippen molar-refractivity contribution in [3.8, 4) is 0 Å². The Morgan fingerprint density at radius 2 is 0.929 bits per heavy atom. The number of benzene rings is 3. The minimum Gasteiger partial charge on any atom is -0.324 e. The van der Waals surface area contributed by atoms with Crippen LogP contribution in [-0.2, 0) is 0 Å². The lowest BCUT2D eigenvalue weighted by Crippen LogP contribution is -2.16. The Morgan fingerprint density at radius 1 is 0.619 bits per heavy atom. The third-order valence-corrected chi connectivity index (χ3v) is 5.64. The molecule has 238 valence electrons. The lowest BCUT2D eigenvalue weighted by molar-refractivity contribution is 0.514. The summed E-state index contributed by atoms with van der Waals surface area (Å²) in [4.78, 5) is 0. The number of hydrogen-bond acceptors (Lipinski definition) is 3. The maximum absolute atomic E-state index is 5.94. The molecule has 3 nitrogen and oxygen atoms in total. The van der Waals surface area contributed by atoms with Crippen LogP contribution in [0.4, 0.5) is 0 Å². The highest BCUT2D eigenvalue weighted by molar-refractivity contribution is 7.17. The van der Waals surface area contributed by atoms with Gasteiger partial charge in [0.1, 0.15) is 0 Å². The standard InChI is InChI=1S/C11H15N.2C10H15N.C3H9P.2C2H6/c1-2-3-9-11(12)10-7-5-4-6-8-10;1-8(2)10(11)9-6-4-3-5-7-9;1-2-6-10(11)9-7-4-3-5-8-9;1-3(2)4;2*1-2/h2,4-8,11H,1,3,9,12H2;3-8,10H,11H2,1-2H3;3-5,7-8,10H,2,6,11H2,1H3;3H,4H2,1-2H3;2*1-2H3. The zero-order valence-corrected chi connectivity index (χ0v) is 29.6. The van der Waals surface area contributed by atoms with Gasteiger partial charge in [-0.25, -0.2) is 0 Å². The van der Waals surface area contributed by atoms with Gasteiger partial charge in [-0.15, -0.1) is 15.8 Å². The predicted octanol–water partition coefficient (Wildman–Crippen LogP) is 10.8. The van der Waals surface area contributed by atoms with Gasteiger partial charge in [-0.3, -0.25) is 0 Å². The van der Waals surface area contributed by atoms with Crippen molar-refractivity contribution in [2.75, 3.05) is 0 Å². The van der Waals surface area contributed by atoms with E-state index < -0.39 is 0 Å². The van der Waals surface area contributed by atoms with Gasteiger partial charge in [0.25, 0.3) is 0 Å². The van der Waals surface area contributed by atoms with Crippen molar-refractivity contribution in [2.45, 2.75) is 112 Å². The Kier molecular flexibility index (Phi) is 33.3. The molecule has 3 aromatic carbocycles. The second kappa shape index (κ2) is 31.6. The average molecular weight is 596 g/mol. The molecule has 0 bridgehead atoms. The first-order valence-electron chi connectivity index (χ1n) is 15.9. The quantitative estimate of drug-likeness (QED) is 0.170. The molecule has 0 aliphatic carbocycles. The van der Waals surface area contributed by atoms with Gasteiger partial charge in [0.2, 0.25) is 0 Å². The second-order valence-electron chi connectivity index (χ2n) is 10.1. The van der Waals surface area contributed by atoms with E-state index in [1.165, 1.54) is 16.7 Å². The maximum Gasteiger partial charge on any atom is 0.0318 e. The second-order valence-corrected chi connectivity index (χ2v) is 11.4. The van der Waals surface area contributed by atoms with Crippen LogP contribution in [0.15, 0.2) is 104 Å². The number of allylic oxidation sites excluding steroid dienone is 1. The first-order valence-corrected chi connectivity index (χ1v) is 16.6. The van der Waals surface area contributed by atoms with Gasteiger partial charge in [-0.1, -0.05) is 166 Å². The molecule has 4 atom stereocenters. The van der Waals surface area contributed by atoms with Crippen molar-refractivity contribution in [1.29, 1.82) is 0 Å². The van der Waals surface area contributed by atoms with Gasteiger partial charge in [0.05, 0.1) is 0 Å². The van der Waals surface area contributed by atoms with Gasteiger partial charge in [0.15, 0.2) is 0 Å². The van der Waals surface area contributed by atoms with Gasteiger partial charge >= 0.3 is 0 Å². The summed E-state index contributed by atoms with van der Waals surface area (Å²) in [5.74, 6) is 0.511. The Labute approximate surface area is 264 Å². The molecule has 0 saturated heterocycles. The third kappa shape index (κ3) is 25.4. The lowest BCUT2D eigenvalue weighted by Gasteiger charge is -2.15. The average Bonchev–Trinajstić information content (AvgIpc) is 3.03. The first kappa shape index (κ1) is 44.2. The molecular formula is C38H66N3P. The maximum atomic E-state index is 5.94. The zero-order valence-electron chi connectivity index (χ0n) is 28.5. The Morgan fingerprint density at radius 3 is 1.21 bits per heavy atom. The fourth-order valence-electron chi connectivity index (χ4n) is 3.40. The molecule has 0 radical (unpaired) electrons. The minimum atomic E-state index is 0.157. The molecule has 4 heteroatoms. The summed E-state index contributed by atoms with van der Waals surface area (Å²) in [6.45, 7) is 22.4. The summed E-state index contributed by atoms with van der Waals surface area (Å²) in [5, 5.41) is 0. The molecule has 0 aliphatic rings. The topological polar surface area (TPSA) is 78.1 Å². The molecule has 0 amide bonds. The van der Waals surface area contributed by atoms with Crippen LogP contribution in [-0.4, -0.2) is 5.66 Å². The van der Waals surface area contributed by atoms with E-state index in [-0.39, 0.29) is 18.1 Å². The van der Waals surface area contributed by atoms with Crippen LogP contribution >= 0.6 is 9.24 Å². The van der Waals surface area contributed by atoms with E-state index in [1.807, 2.05) is 88.4 Å². The van der Waals surface area contributed by atoms with E-state index >= 15 is 0 Å². The Balaban J connectivity index is -0.000000483. The van der Waals surface area contributed by atoms with Gasteiger partial charge in [-0.2, -0.15) is 0 Å². The zero-order chi connectivity index (χ0) is 32.8. The van der Waals surface area contributed by atoms with Gasteiger partial charge < -0.3 is 17.2 Å². The Hall–Kier alpha value is -2.29. The predicted molar refractivity (Wildman–Crippen MR) is 197 cm³/mol. The van der Waals surface area contributed by atoms with Crippen LogP contribution < -0.4 is 17.2 Å². The third-order valence-electron chi connectivity index (χ3n) is 5.64. The summed E-state index contributed by atoms with van der Waals surface area (Å²) in [7, 11) is 2.66. The van der Waals surface area contributed by atoms with Crippen molar-refractivity contribution >= 4 is 9.24 Å². The lowest BCUT2D eigenvalue weighted by atomic mass is 9.97. The van der Waals surface area contributed by atoms with Crippen molar-refractivity contribution in [3.63, 3.8) is 0 Å². The summed E-state index contributed by atoms with van der Waals surface area (Å²) in [6, 6.07) is 31.2. The first-order chi connectivity index (χ1) is 20.1. The highest BCUT2D eigenvalue weighted by Gasteiger charge is 2.08. The van der Waals surface area contributed by atoms with Gasteiger partial charge in [0, 0.05) is 18.1 Å². The normalized spacial score (nSPS) is 11.6. The minimum absolute atomic E-state index is 0.157. The van der Waals surface area contributed by atoms with Crippen LogP contribution in [0.25, 0.3) is 0 Å². The molecule has 0 aliphatic heterocycles. The van der Waals surface area contributed by atoms with E-state index in [4.69, 9.17) is 17.2 Å². The summed E-state index contributed by atoms with van der Waals surface area (Å²) in [5.41, 5.74) is 22.2. The number of hydrogen-bond donors (Lipinski definition) is 3. The fourth-order valence-corrected chi connectivity index (χ4v) is 3.40. The summed E-state index contributed by atoms with van der Waals surface area (Å²) < 4.78 is 0. The molecule has 0 aromatic heterocycles. The van der Waals surface area contributed by atoms with Crippen molar-refractivity contribution in [2.24, 2.45) is 23.1 Å². The smallest absolute Gasteiger partial charge is 0.0318 e. The van der Waals surface area contributed by atoms with Crippen LogP contribution in [0, 0.1) is 5.92 Å². The molecule has 4 unspecified atom stereocenters. The molecule has 42 heavy (non-hydrogen) atoms. The van der Waals surface area contributed by atoms with Crippen molar-refractivity contribution in [1.82, 2.24) is 0 Å². The van der Waals surface area contributed by atoms with Crippen LogP contribution in [0.3, 0.4) is 0 Å². The molecule has 3 aromatic rings. The van der Waals surface area contributed by atoms with E-state index in [0.717, 1.165) is 31.3 Å². The number of rotatable bonds is 9. The molecular weight excluding hydrogens is 529 g/mol. The van der Waals surface area contributed by atoms with Crippen LogP contribution in [0.1, 0.15) is 123 Å².